The lowest BCUT2D eigenvalue weighted by Crippen LogP contribution is -2.25. The Morgan fingerprint density at radius 2 is 2.00 bits per heavy atom. The number of aryl methyl sites for hydroxylation is 1. The lowest BCUT2D eigenvalue weighted by molar-refractivity contribution is 0.0853. The van der Waals surface area contributed by atoms with Crippen LogP contribution >= 0.6 is 0 Å². The number of hydrogen-bond acceptors (Lipinski definition) is 7. The molecule has 0 saturated carbocycles. The smallest absolute Gasteiger partial charge is 0.231 e. The molecule has 0 unspecified atom stereocenters. The van der Waals surface area contributed by atoms with E-state index in [9.17, 15) is 0 Å². The molecule has 0 bridgehead atoms. The molecule has 0 aliphatic carbocycles. The van der Waals surface area contributed by atoms with Crippen LogP contribution < -0.4 is 24.3 Å². The van der Waals surface area contributed by atoms with E-state index in [0.29, 0.717) is 36.0 Å². The van der Waals surface area contributed by atoms with Crippen LogP contribution in [-0.4, -0.2) is 50.9 Å². The van der Waals surface area contributed by atoms with Gasteiger partial charge in [0.1, 0.15) is 6.10 Å². The quantitative estimate of drug-likeness (QED) is 0.482. The maximum Gasteiger partial charge on any atom is 0.231 e. The number of methoxy groups -OCH3 is 2. The minimum Gasteiger partial charge on any atom is -0.493 e. The van der Waals surface area contributed by atoms with Crippen LogP contribution in [0.25, 0.3) is 10.9 Å². The van der Waals surface area contributed by atoms with Crippen molar-refractivity contribution in [3.63, 3.8) is 0 Å². The second-order valence-corrected chi connectivity index (χ2v) is 8.42. The maximum atomic E-state index is 5.71. The van der Waals surface area contributed by atoms with Crippen molar-refractivity contribution in [1.29, 1.82) is 0 Å². The van der Waals surface area contributed by atoms with Crippen molar-refractivity contribution in [2.45, 2.75) is 32.3 Å². The molecule has 2 aromatic carbocycles. The van der Waals surface area contributed by atoms with E-state index in [0.717, 1.165) is 30.7 Å². The van der Waals surface area contributed by atoms with Crippen LogP contribution in [0.3, 0.4) is 0 Å². The SMILES string of the molecule is COc1cc(C[C@H]2CC(CNCCc3c[nH]c4ccc(C)cc34)=NO2)c(OC)c2c1OCO2. The summed E-state index contributed by atoms with van der Waals surface area (Å²) in [6.07, 6.45) is 4.40. The minimum absolute atomic E-state index is 0.0580. The van der Waals surface area contributed by atoms with E-state index in [4.69, 9.17) is 23.8 Å². The standard InChI is InChI=1S/C25H29N3O5/c1-15-4-5-21-20(8-15)16(12-27-21)6-7-26-13-18-11-19(33-28-18)9-17-10-22(29-2)24-25(23(17)30-3)32-14-31-24/h4-5,8,10,12,19,26-27H,6-7,9,11,13-14H2,1-3H3/t19-/m0/s1. The van der Waals surface area contributed by atoms with E-state index < -0.39 is 0 Å². The summed E-state index contributed by atoms with van der Waals surface area (Å²) < 4.78 is 22.2. The van der Waals surface area contributed by atoms with Gasteiger partial charge in [0.15, 0.2) is 11.5 Å². The first kappa shape index (κ1) is 21.5. The van der Waals surface area contributed by atoms with Crippen molar-refractivity contribution in [2.24, 2.45) is 5.16 Å². The van der Waals surface area contributed by atoms with Crippen molar-refractivity contribution >= 4 is 16.6 Å². The minimum atomic E-state index is -0.0580. The molecule has 2 aliphatic rings. The molecule has 8 heteroatoms. The van der Waals surface area contributed by atoms with Gasteiger partial charge in [-0.3, -0.25) is 0 Å². The van der Waals surface area contributed by atoms with Crippen LogP contribution in [0.1, 0.15) is 23.1 Å². The Kier molecular flexibility index (Phi) is 6.00. The number of hydrogen-bond donors (Lipinski definition) is 2. The molecule has 1 aromatic heterocycles. The van der Waals surface area contributed by atoms with E-state index in [1.54, 1.807) is 14.2 Å². The van der Waals surface area contributed by atoms with Gasteiger partial charge in [-0.25, -0.2) is 0 Å². The van der Waals surface area contributed by atoms with Gasteiger partial charge in [0.2, 0.25) is 18.3 Å². The highest BCUT2D eigenvalue weighted by molar-refractivity contribution is 5.87. The van der Waals surface area contributed by atoms with Crippen LogP contribution in [0.5, 0.6) is 23.0 Å². The molecule has 174 valence electrons. The summed E-state index contributed by atoms with van der Waals surface area (Å²) in [5.41, 5.74) is 5.75. The van der Waals surface area contributed by atoms with Crippen LogP contribution in [0.4, 0.5) is 0 Å². The van der Waals surface area contributed by atoms with Gasteiger partial charge in [0.05, 0.1) is 19.9 Å². The van der Waals surface area contributed by atoms with Crippen molar-refractivity contribution < 1.29 is 23.8 Å². The molecule has 2 aliphatic heterocycles. The van der Waals surface area contributed by atoms with E-state index in [-0.39, 0.29) is 12.9 Å². The number of rotatable bonds is 9. The van der Waals surface area contributed by atoms with Gasteiger partial charge in [-0.1, -0.05) is 16.8 Å². The monoisotopic (exact) mass is 451 g/mol. The Bertz CT molecular complexity index is 1190. The molecule has 33 heavy (non-hydrogen) atoms. The molecule has 1 atom stereocenters. The summed E-state index contributed by atoms with van der Waals surface area (Å²) >= 11 is 0. The number of aromatic amines is 1. The predicted molar refractivity (Wildman–Crippen MR) is 126 cm³/mol. The third-order valence-corrected chi connectivity index (χ3v) is 6.13. The van der Waals surface area contributed by atoms with Gasteiger partial charge >= 0.3 is 0 Å². The Morgan fingerprint density at radius 1 is 1.12 bits per heavy atom. The number of oxime groups is 1. The normalized spacial score (nSPS) is 16.7. The van der Waals surface area contributed by atoms with Crippen molar-refractivity contribution in [3.05, 3.63) is 47.2 Å². The zero-order valence-electron chi connectivity index (χ0n) is 19.2. The van der Waals surface area contributed by atoms with Crippen molar-refractivity contribution in [2.75, 3.05) is 34.1 Å². The van der Waals surface area contributed by atoms with Gasteiger partial charge in [0.25, 0.3) is 0 Å². The van der Waals surface area contributed by atoms with Crippen LogP contribution in [0.2, 0.25) is 0 Å². The summed E-state index contributed by atoms with van der Waals surface area (Å²) in [5.74, 6) is 2.45. The fourth-order valence-corrected chi connectivity index (χ4v) is 4.49. The Morgan fingerprint density at radius 3 is 2.85 bits per heavy atom. The summed E-state index contributed by atoms with van der Waals surface area (Å²) in [6, 6.07) is 8.43. The largest absolute Gasteiger partial charge is 0.493 e. The van der Waals surface area contributed by atoms with Crippen LogP contribution in [0, 0.1) is 6.92 Å². The molecule has 3 aromatic rings. The second-order valence-electron chi connectivity index (χ2n) is 8.42. The fourth-order valence-electron chi connectivity index (χ4n) is 4.49. The molecule has 0 fully saturated rings. The van der Waals surface area contributed by atoms with E-state index in [1.165, 1.54) is 22.0 Å². The van der Waals surface area contributed by atoms with E-state index >= 15 is 0 Å². The third-order valence-electron chi connectivity index (χ3n) is 6.13. The Hall–Kier alpha value is -3.39. The number of fused-ring (bicyclic) bond motifs is 2. The molecule has 3 heterocycles. The molecular weight excluding hydrogens is 422 g/mol. The molecule has 0 spiro atoms. The highest BCUT2D eigenvalue weighted by atomic mass is 16.7. The zero-order valence-corrected chi connectivity index (χ0v) is 19.2. The van der Waals surface area contributed by atoms with Crippen LogP contribution in [-0.2, 0) is 17.7 Å². The number of benzene rings is 2. The number of H-pyrrole nitrogens is 1. The predicted octanol–water partition coefficient (Wildman–Crippen LogP) is 3.74. The highest BCUT2D eigenvalue weighted by Gasteiger charge is 2.30. The first-order chi connectivity index (χ1) is 16.2. The average molecular weight is 452 g/mol. The Balaban J connectivity index is 1.14. The topological polar surface area (TPSA) is 86.3 Å². The average Bonchev–Trinajstić information content (AvgIpc) is 3.56. The lowest BCUT2D eigenvalue weighted by atomic mass is 10.0. The number of nitrogens with zero attached hydrogens (tertiary/aromatic N) is 1. The van der Waals surface area contributed by atoms with Gasteiger partial charge < -0.3 is 34.1 Å². The van der Waals surface area contributed by atoms with E-state index in [1.807, 2.05) is 6.07 Å². The molecular formula is C25H29N3O5. The first-order valence-corrected chi connectivity index (χ1v) is 11.2. The van der Waals surface area contributed by atoms with Crippen LogP contribution in [0.15, 0.2) is 35.6 Å². The maximum absolute atomic E-state index is 5.71. The second kappa shape index (κ2) is 9.23. The molecule has 8 nitrogen and oxygen atoms in total. The highest BCUT2D eigenvalue weighted by Crippen LogP contribution is 2.49. The van der Waals surface area contributed by atoms with Crippen molar-refractivity contribution in [3.8, 4) is 23.0 Å². The van der Waals surface area contributed by atoms with Gasteiger partial charge in [-0.2, -0.15) is 0 Å². The summed E-state index contributed by atoms with van der Waals surface area (Å²) in [7, 11) is 3.24. The van der Waals surface area contributed by atoms with Gasteiger partial charge in [-0.15, -0.1) is 0 Å². The molecule has 0 amide bonds. The number of aromatic nitrogens is 1. The molecule has 0 saturated heterocycles. The molecule has 5 rings (SSSR count). The number of ether oxygens (including phenoxy) is 4. The summed E-state index contributed by atoms with van der Waals surface area (Å²) in [5, 5.41) is 9.10. The number of nitrogens with one attached hydrogen (secondary N) is 2. The summed E-state index contributed by atoms with van der Waals surface area (Å²) in [6.45, 7) is 3.86. The fraction of sp³-hybridized carbons (Fsp3) is 0.400. The summed E-state index contributed by atoms with van der Waals surface area (Å²) in [4.78, 5) is 9.06. The van der Waals surface area contributed by atoms with Crippen molar-refractivity contribution in [1.82, 2.24) is 10.3 Å². The zero-order chi connectivity index (χ0) is 22.8. The third kappa shape index (κ3) is 4.30. The molecule has 0 radical (unpaired) electrons. The van der Waals surface area contributed by atoms with Gasteiger partial charge in [0, 0.05) is 42.0 Å². The van der Waals surface area contributed by atoms with E-state index in [2.05, 4.69) is 46.8 Å². The Labute approximate surface area is 192 Å². The van der Waals surface area contributed by atoms with Gasteiger partial charge in [-0.05, 0) is 43.7 Å². The lowest BCUT2D eigenvalue weighted by Gasteiger charge is -2.15. The first-order valence-electron chi connectivity index (χ1n) is 11.2. The molecule has 2 N–H and O–H groups in total.